The fourth-order valence-corrected chi connectivity index (χ4v) is 3.82. The van der Waals surface area contributed by atoms with E-state index in [0.717, 1.165) is 18.1 Å². The van der Waals surface area contributed by atoms with Gasteiger partial charge in [0, 0.05) is 10.1 Å². The van der Waals surface area contributed by atoms with Crippen molar-refractivity contribution < 1.29 is 18.0 Å². The lowest BCUT2D eigenvalue weighted by Crippen LogP contribution is -2.16. The molecule has 2 nitrogen and oxygen atoms in total. The van der Waals surface area contributed by atoms with Crippen LogP contribution in [0.3, 0.4) is 0 Å². The van der Waals surface area contributed by atoms with Crippen LogP contribution in [0.2, 0.25) is 0 Å². The maximum atomic E-state index is 13.4. The molecule has 0 aliphatic carbocycles. The number of hydrogen-bond donors (Lipinski definition) is 1. The van der Waals surface area contributed by atoms with Crippen LogP contribution in [0.15, 0.2) is 34.5 Å². The van der Waals surface area contributed by atoms with Gasteiger partial charge in [-0.25, -0.2) is 0 Å². The molecule has 0 fully saturated rings. The first-order valence-electron chi connectivity index (χ1n) is 7.45. The average Bonchev–Trinajstić information content (AvgIpc) is 2.93. The molecule has 2 rings (SSSR count). The van der Waals surface area contributed by atoms with E-state index in [1.807, 2.05) is 13.8 Å². The van der Waals surface area contributed by atoms with E-state index < -0.39 is 17.6 Å². The molecule has 7 heteroatoms. The number of benzene rings is 1. The van der Waals surface area contributed by atoms with E-state index >= 15 is 0 Å². The van der Waals surface area contributed by atoms with Crippen molar-refractivity contribution >= 4 is 34.7 Å². The molecule has 0 spiro atoms. The highest BCUT2D eigenvalue weighted by Crippen LogP contribution is 2.38. The number of alkyl halides is 3. The molecule has 0 aliphatic heterocycles. The van der Waals surface area contributed by atoms with Crippen molar-refractivity contribution in [3.63, 3.8) is 0 Å². The highest BCUT2D eigenvalue weighted by Gasteiger charge is 2.34. The number of carbonyl (C=O) groups excluding carboxylic acids is 1. The van der Waals surface area contributed by atoms with Gasteiger partial charge in [0.05, 0.1) is 16.1 Å². The van der Waals surface area contributed by atoms with Gasteiger partial charge < -0.3 is 5.32 Å². The van der Waals surface area contributed by atoms with Crippen molar-refractivity contribution in [3.8, 4) is 0 Å². The lowest BCUT2D eigenvalue weighted by Gasteiger charge is -2.16. The molecule has 1 unspecified atom stereocenters. The Morgan fingerprint density at radius 1 is 1.33 bits per heavy atom. The van der Waals surface area contributed by atoms with Gasteiger partial charge in [0.25, 0.3) is 5.91 Å². The molecule has 2 aromatic rings. The number of amides is 1. The molecule has 0 radical (unpaired) electrons. The second kappa shape index (κ2) is 7.61. The predicted molar refractivity (Wildman–Crippen MR) is 94.1 cm³/mol. The van der Waals surface area contributed by atoms with Gasteiger partial charge in [-0.15, -0.1) is 23.1 Å². The molecule has 1 atom stereocenters. The van der Waals surface area contributed by atoms with E-state index in [-0.39, 0.29) is 10.9 Å². The van der Waals surface area contributed by atoms with Crippen LogP contribution >= 0.6 is 23.1 Å². The Hall–Kier alpha value is -1.47. The summed E-state index contributed by atoms with van der Waals surface area (Å²) in [6.07, 6.45) is -3.67. The minimum absolute atomic E-state index is 0.214. The highest BCUT2D eigenvalue weighted by molar-refractivity contribution is 7.99. The fraction of sp³-hybridized carbons (Fsp3) is 0.353. The summed E-state index contributed by atoms with van der Waals surface area (Å²) in [5.41, 5.74) is -0.290. The summed E-state index contributed by atoms with van der Waals surface area (Å²) < 4.78 is 40.1. The zero-order valence-corrected chi connectivity index (χ0v) is 15.2. The van der Waals surface area contributed by atoms with Gasteiger partial charge >= 0.3 is 6.18 Å². The van der Waals surface area contributed by atoms with Crippen LogP contribution in [-0.2, 0) is 6.18 Å². The Morgan fingerprint density at radius 2 is 2.04 bits per heavy atom. The Labute approximate surface area is 147 Å². The first-order chi connectivity index (χ1) is 11.2. The van der Waals surface area contributed by atoms with E-state index in [9.17, 15) is 18.0 Å². The summed E-state index contributed by atoms with van der Waals surface area (Å²) >= 11 is 2.60. The summed E-state index contributed by atoms with van der Waals surface area (Å²) in [5, 5.41) is 4.36. The van der Waals surface area contributed by atoms with Gasteiger partial charge in [-0.3, -0.25) is 4.79 Å². The standard InChI is InChI=1S/C17H18F3NOS2/c1-4-11(3)24-12-5-6-14(13(9-12)17(18,19)20)21-16(22)15-10(2)7-8-23-15/h5-9,11H,4H2,1-3H3,(H,21,22). The van der Waals surface area contributed by atoms with Crippen LogP contribution in [0.25, 0.3) is 0 Å². The third-order valence-electron chi connectivity index (χ3n) is 3.53. The van der Waals surface area contributed by atoms with E-state index in [4.69, 9.17) is 0 Å². The number of carbonyl (C=O) groups is 1. The van der Waals surface area contributed by atoms with Gasteiger partial charge in [0.15, 0.2) is 0 Å². The maximum Gasteiger partial charge on any atom is 0.418 e. The van der Waals surface area contributed by atoms with E-state index in [2.05, 4.69) is 5.32 Å². The molecule has 1 aromatic carbocycles. The molecule has 1 aromatic heterocycles. The first-order valence-corrected chi connectivity index (χ1v) is 9.21. The smallest absolute Gasteiger partial charge is 0.321 e. The summed E-state index contributed by atoms with van der Waals surface area (Å²) in [6.45, 7) is 5.70. The minimum Gasteiger partial charge on any atom is -0.321 e. The largest absolute Gasteiger partial charge is 0.418 e. The Bertz CT molecular complexity index is 725. The molecular weight excluding hydrogens is 355 g/mol. The molecule has 130 valence electrons. The van der Waals surface area contributed by atoms with Crippen molar-refractivity contribution in [2.45, 2.75) is 43.5 Å². The van der Waals surface area contributed by atoms with Crippen molar-refractivity contribution in [2.24, 2.45) is 0 Å². The van der Waals surface area contributed by atoms with Gasteiger partial charge in [0.2, 0.25) is 0 Å². The van der Waals surface area contributed by atoms with Crippen LogP contribution in [-0.4, -0.2) is 11.2 Å². The molecule has 0 bridgehead atoms. The van der Waals surface area contributed by atoms with Crippen molar-refractivity contribution in [1.82, 2.24) is 0 Å². The SMILES string of the molecule is CCC(C)Sc1ccc(NC(=O)c2sccc2C)c(C(F)(F)F)c1. The van der Waals surface area contributed by atoms with Crippen LogP contribution < -0.4 is 5.32 Å². The van der Waals surface area contributed by atoms with Crippen LogP contribution in [0.1, 0.15) is 41.1 Å². The number of rotatable bonds is 5. The predicted octanol–water partition coefficient (Wildman–Crippen LogP) is 6.22. The summed E-state index contributed by atoms with van der Waals surface area (Å²) in [4.78, 5) is 13.2. The molecule has 0 saturated heterocycles. The molecule has 24 heavy (non-hydrogen) atoms. The number of halogens is 3. The average molecular weight is 373 g/mol. The van der Waals surface area contributed by atoms with E-state index in [1.54, 1.807) is 24.4 Å². The number of aryl methyl sites for hydroxylation is 1. The molecule has 0 aliphatic rings. The Balaban J connectivity index is 2.32. The zero-order valence-electron chi connectivity index (χ0n) is 13.5. The van der Waals surface area contributed by atoms with Gasteiger partial charge in [-0.2, -0.15) is 13.2 Å². The van der Waals surface area contributed by atoms with Gasteiger partial charge in [-0.1, -0.05) is 13.8 Å². The van der Waals surface area contributed by atoms with E-state index in [0.29, 0.717) is 9.77 Å². The van der Waals surface area contributed by atoms with Crippen LogP contribution in [0.5, 0.6) is 0 Å². The summed E-state index contributed by atoms with van der Waals surface area (Å²) in [7, 11) is 0. The number of anilines is 1. The first kappa shape index (κ1) is 18.9. The topological polar surface area (TPSA) is 29.1 Å². The Morgan fingerprint density at radius 3 is 2.58 bits per heavy atom. The Kier molecular flexibility index (Phi) is 5.98. The number of thiophene rings is 1. The third-order valence-corrected chi connectivity index (χ3v) is 5.80. The summed E-state index contributed by atoms with van der Waals surface area (Å²) in [5.74, 6) is -0.518. The normalized spacial score (nSPS) is 12.9. The summed E-state index contributed by atoms with van der Waals surface area (Å²) in [6, 6.07) is 5.81. The highest BCUT2D eigenvalue weighted by atomic mass is 32.2. The number of nitrogens with one attached hydrogen (secondary N) is 1. The van der Waals surface area contributed by atoms with Gasteiger partial charge in [-0.05, 0) is 48.6 Å². The van der Waals surface area contributed by atoms with Crippen molar-refractivity contribution in [3.05, 3.63) is 45.6 Å². The zero-order chi connectivity index (χ0) is 17.9. The van der Waals surface area contributed by atoms with E-state index in [1.165, 1.54) is 29.2 Å². The molecular formula is C17H18F3NOS2. The van der Waals surface area contributed by atoms with Crippen LogP contribution in [0, 0.1) is 6.92 Å². The molecule has 1 heterocycles. The number of thioether (sulfide) groups is 1. The second-order valence-electron chi connectivity index (χ2n) is 5.43. The molecule has 1 N–H and O–H groups in total. The maximum absolute atomic E-state index is 13.4. The fourth-order valence-electron chi connectivity index (χ4n) is 2.04. The van der Waals surface area contributed by atoms with Crippen molar-refractivity contribution in [1.29, 1.82) is 0 Å². The lowest BCUT2D eigenvalue weighted by molar-refractivity contribution is -0.137. The van der Waals surface area contributed by atoms with Gasteiger partial charge in [0.1, 0.15) is 0 Å². The number of hydrogen-bond acceptors (Lipinski definition) is 3. The monoisotopic (exact) mass is 373 g/mol. The molecule has 0 saturated carbocycles. The minimum atomic E-state index is -4.53. The third kappa shape index (κ3) is 4.54. The lowest BCUT2D eigenvalue weighted by atomic mass is 10.1. The quantitative estimate of drug-likeness (QED) is 0.631. The van der Waals surface area contributed by atoms with Crippen LogP contribution in [0.4, 0.5) is 18.9 Å². The van der Waals surface area contributed by atoms with Crippen molar-refractivity contribution in [2.75, 3.05) is 5.32 Å². The molecule has 1 amide bonds. The second-order valence-corrected chi connectivity index (χ2v) is 7.86.